The van der Waals surface area contributed by atoms with E-state index in [-0.39, 0.29) is 0 Å². The van der Waals surface area contributed by atoms with Crippen LogP contribution < -0.4 is 15.5 Å². The minimum absolute atomic E-state index is 0.315. The van der Waals surface area contributed by atoms with Gasteiger partial charge in [0.15, 0.2) is 5.96 Å². The number of piperazine rings is 1. The van der Waals surface area contributed by atoms with Crippen LogP contribution in [0.2, 0.25) is 0 Å². The molecule has 2 aromatic rings. The second-order valence-electron chi connectivity index (χ2n) is 7.46. The van der Waals surface area contributed by atoms with Gasteiger partial charge in [0.25, 0.3) is 0 Å². The van der Waals surface area contributed by atoms with Crippen molar-refractivity contribution in [3.63, 3.8) is 0 Å². The van der Waals surface area contributed by atoms with E-state index in [1.165, 1.54) is 15.3 Å². The molecular weight excluding hydrogens is 368 g/mol. The molecule has 7 heteroatoms. The van der Waals surface area contributed by atoms with E-state index in [1.54, 1.807) is 0 Å². The highest BCUT2D eigenvalue weighted by atomic mass is 32.1. The lowest BCUT2D eigenvalue weighted by Crippen LogP contribution is -2.46. The van der Waals surface area contributed by atoms with Crippen molar-refractivity contribution in [3.05, 3.63) is 45.8 Å². The van der Waals surface area contributed by atoms with Crippen molar-refractivity contribution in [3.8, 4) is 0 Å². The van der Waals surface area contributed by atoms with Gasteiger partial charge in [0.1, 0.15) is 5.82 Å². The molecule has 3 rings (SSSR count). The average Bonchev–Trinajstić information content (AvgIpc) is 3.10. The molecule has 0 bridgehead atoms. The Morgan fingerprint density at radius 2 is 2.04 bits per heavy atom. The van der Waals surface area contributed by atoms with Crippen LogP contribution in [0, 0.1) is 6.92 Å². The Morgan fingerprint density at radius 1 is 1.25 bits per heavy atom. The zero-order valence-electron chi connectivity index (χ0n) is 17.4. The van der Waals surface area contributed by atoms with Crippen LogP contribution in [0.4, 0.5) is 5.82 Å². The topological polar surface area (TPSA) is 55.8 Å². The lowest BCUT2D eigenvalue weighted by Gasteiger charge is -2.34. The van der Waals surface area contributed by atoms with Crippen LogP contribution in [-0.4, -0.2) is 62.2 Å². The molecule has 1 fully saturated rings. The minimum atomic E-state index is 0.315. The summed E-state index contributed by atoms with van der Waals surface area (Å²) in [5.41, 5.74) is 1.21. The van der Waals surface area contributed by atoms with Crippen LogP contribution >= 0.6 is 11.3 Å². The number of anilines is 1. The Balaban J connectivity index is 1.56. The zero-order chi connectivity index (χ0) is 19.9. The number of hydrogen-bond donors (Lipinski definition) is 2. The molecule has 0 amide bonds. The van der Waals surface area contributed by atoms with E-state index in [0.29, 0.717) is 12.6 Å². The van der Waals surface area contributed by atoms with E-state index in [9.17, 15) is 0 Å². The van der Waals surface area contributed by atoms with Crippen LogP contribution in [0.5, 0.6) is 0 Å². The highest BCUT2D eigenvalue weighted by Crippen LogP contribution is 2.19. The SMILES string of the molecule is CN=C(NCc1cccnc1N1CCN(C)CC1)NC(C)Cc1ccc(C)s1. The van der Waals surface area contributed by atoms with Crippen LogP contribution in [-0.2, 0) is 13.0 Å². The number of aliphatic imine (C=N–C) groups is 1. The maximum atomic E-state index is 4.66. The predicted molar refractivity (Wildman–Crippen MR) is 120 cm³/mol. The zero-order valence-corrected chi connectivity index (χ0v) is 18.2. The van der Waals surface area contributed by atoms with Crippen LogP contribution in [0.25, 0.3) is 0 Å². The van der Waals surface area contributed by atoms with E-state index in [2.05, 4.69) is 69.5 Å². The standard InChI is InChI=1S/C21H32N6S/c1-16(14-19-8-7-17(2)28-19)25-21(22-3)24-15-18-6-5-9-23-20(18)27-12-10-26(4)11-13-27/h5-9,16H,10-15H2,1-4H3,(H2,22,24,25). The lowest BCUT2D eigenvalue weighted by molar-refractivity contribution is 0.312. The Labute approximate surface area is 172 Å². The van der Waals surface area contributed by atoms with Gasteiger partial charge < -0.3 is 20.4 Å². The van der Waals surface area contributed by atoms with Crippen LogP contribution in [0.15, 0.2) is 35.5 Å². The monoisotopic (exact) mass is 400 g/mol. The first-order valence-corrected chi connectivity index (χ1v) is 10.8. The number of aromatic nitrogens is 1. The molecule has 0 aliphatic carbocycles. The molecule has 6 nitrogen and oxygen atoms in total. The molecule has 3 heterocycles. The minimum Gasteiger partial charge on any atom is -0.354 e. The molecule has 0 aromatic carbocycles. The molecule has 152 valence electrons. The smallest absolute Gasteiger partial charge is 0.191 e. The third-order valence-corrected chi connectivity index (χ3v) is 6.05. The molecule has 1 unspecified atom stereocenters. The summed E-state index contributed by atoms with van der Waals surface area (Å²) in [6.45, 7) is 9.24. The van der Waals surface area contributed by atoms with Gasteiger partial charge in [-0.3, -0.25) is 4.99 Å². The van der Waals surface area contributed by atoms with Gasteiger partial charge in [-0.05, 0) is 39.1 Å². The Kier molecular flexibility index (Phi) is 7.28. The van der Waals surface area contributed by atoms with E-state index >= 15 is 0 Å². The fourth-order valence-electron chi connectivity index (χ4n) is 3.43. The summed E-state index contributed by atoms with van der Waals surface area (Å²) in [7, 11) is 3.99. The summed E-state index contributed by atoms with van der Waals surface area (Å²) in [4.78, 5) is 16.6. The number of pyridine rings is 1. The molecule has 1 saturated heterocycles. The first-order valence-electron chi connectivity index (χ1n) is 9.95. The molecule has 28 heavy (non-hydrogen) atoms. The van der Waals surface area contributed by atoms with Crippen molar-refractivity contribution >= 4 is 23.1 Å². The van der Waals surface area contributed by atoms with E-state index in [4.69, 9.17) is 0 Å². The highest BCUT2D eigenvalue weighted by molar-refractivity contribution is 7.11. The normalized spacial score (nSPS) is 16.9. The summed E-state index contributed by atoms with van der Waals surface area (Å²) >= 11 is 1.86. The van der Waals surface area contributed by atoms with Gasteiger partial charge in [-0.1, -0.05) is 6.07 Å². The second-order valence-corrected chi connectivity index (χ2v) is 8.84. The third-order valence-electron chi connectivity index (χ3n) is 5.03. The van der Waals surface area contributed by atoms with Crippen LogP contribution in [0.3, 0.4) is 0 Å². The number of thiophene rings is 1. The van der Waals surface area contributed by atoms with Crippen molar-refractivity contribution in [2.24, 2.45) is 4.99 Å². The number of rotatable bonds is 6. The Hall–Kier alpha value is -2.12. The number of hydrogen-bond acceptors (Lipinski definition) is 5. The largest absolute Gasteiger partial charge is 0.354 e. The van der Waals surface area contributed by atoms with E-state index < -0.39 is 0 Å². The van der Waals surface area contributed by atoms with Crippen molar-refractivity contribution < 1.29 is 0 Å². The summed E-state index contributed by atoms with van der Waals surface area (Å²) in [6.07, 6.45) is 2.88. The van der Waals surface area contributed by atoms with Gasteiger partial charge in [0.2, 0.25) is 0 Å². The molecule has 0 spiro atoms. The molecular formula is C21H32N6S. The summed E-state index contributed by atoms with van der Waals surface area (Å²) in [5, 5.41) is 6.97. The average molecular weight is 401 g/mol. The van der Waals surface area contributed by atoms with Crippen molar-refractivity contribution in [2.75, 3.05) is 45.2 Å². The summed E-state index contributed by atoms with van der Waals surface area (Å²) in [5.74, 6) is 1.91. The Bertz CT molecular complexity index is 779. The maximum Gasteiger partial charge on any atom is 0.191 e. The van der Waals surface area contributed by atoms with Crippen LogP contribution in [0.1, 0.15) is 22.2 Å². The second kappa shape index (κ2) is 9.89. The summed E-state index contributed by atoms with van der Waals surface area (Å²) < 4.78 is 0. The van der Waals surface area contributed by atoms with Gasteiger partial charge in [-0.15, -0.1) is 11.3 Å². The van der Waals surface area contributed by atoms with Crippen molar-refractivity contribution in [1.82, 2.24) is 20.5 Å². The summed E-state index contributed by atoms with van der Waals surface area (Å²) in [6, 6.07) is 8.87. The maximum absolute atomic E-state index is 4.66. The third kappa shape index (κ3) is 5.69. The van der Waals surface area contributed by atoms with Gasteiger partial charge in [-0.2, -0.15) is 0 Å². The predicted octanol–water partition coefficient (Wildman–Crippen LogP) is 2.50. The van der Waals surface area contributed by atoms with E-state index in [0.717, 1.165) is 44.4 Å². The molecule has 0 saturated carbocycles. The molecule has 2 aromatic heterocycles. The van der Waals surface area contributed by atoms with E-state index in [1.807, 2.05) is 30.6 Å². The molecule has 0 radical (unpaired) electrons. The molecule has 1 aliphatic rings. The number of likely N-dealkylation sites (N-methyl/N-ethyl adjacent to an activating group) is 1. The van der Waals surface area contributed by atoms with Crippen molar-refractivity contribution in [1.29, 1.82) is 0 Å². The molecule has 1 aliphatic heterocycles. The van der Waals surface area contributed by atoms with Gasteiger partial charge in [-0.25, -0.2) is 4.98 Å². The number of guanidine groups is 1. The first-order chi connectivity index (χ1) is 13.5. The fraction of sp³-hybridized carbons (Fsp3) is 0.524. The number of nitrogens with one attached hydrogen (secondary N) is 2. The quantitative estimate of drug-likeness (QED) is 0.576. The first kappa shape index (κ1) is 20.6. The molecule has 2 N–H and O–H groups in total. The fourth-order valence-corrected chi connectivity index (χ4v) is 4.44. The number of aryl methyl sites for hydroxylation is 1. The highest BCUT2D eigenvalue weighted by Gasteiger charge is 2.18. The van der Waals surface area contributed by atoms with Crippen molar-refractivity contribution in [2.45, 2.75) is 32.9 Å². The van der Waals surface area contributed by atoms with Gasteiger partial charge in [0.05, 0.1) is 0 Å². The van der Waals surface area contributed by atoms with Gasteiger partial charge in [0, 0.05) is 73.7 Å². The lowest BCUT2D eigenvalue weighted by atomic mass is 10.2. The number of nitrogens with zero attached hydrogens (tertiary/aromatic N) is 4. The Morgan fingerprint density at radius 3 is 2.71 bits per heavy atom. The van der Waals surface area contributed by atoms with Gasteiger partial charge >= 0.3 is 0 Å². The molecule has 1 atom stereocenters.